The van der Waals surface area contributed by atoms with Gasteiger partial charge in [0.15, 0.2) is 0 Å². The summed E-state index contributed by atoms with van der Waals surface area (Å²) in [5, 5.41) is 3.30. The maximum absolute atomic E-state index is 12.7. The third kappa shape index (κ3) is 4.00. The van der Waals surface area contributed by atoms with Crippen LogP contribution in [-0.4, -0.2) is 31.6 Å². The number of halogens is 1. The predicted molar refractivity (Wildman–Crippen MR) is 69.7 cm³/mol. The molecule has 1 fully saturated rings. The lowest BCUT2D eigenvalue weighted by Gasteiger charge is -2.17. The fraction of sp³-hybridized carbons (Fsp3) is 0.571. The van der Waals surface area contributed by atoms with E-state index in [2.05, 4.69) is 24.2 Å². The van der Waals surface area contributed by atoms with Gasteiger partial charge in [-0.1, -0.05) is 6.92 Å². The van der Waals surface area contributed by atoms with Crippen LogP contribution < -0.4 is 5.32 Å². The Morgan fingerprint density at radius 2 is 2.00 bits per heavy atom. The molecule has 2 unspecified atom stereocenters. The van der Waals surface area contributed by atoms with Crippen LogP contribution in [0, 0.1) is 17.7 Å². The number of nitrogens with zero attached hydrogens (tertiary/aromatic N) is 1. The molecule has 3 heteroatoms. The summed E-state index contributed by atoms with van der Waals surface area (Å²) in [7, 11) is 2.16. The van der Waals surface area contributed by atoms with Crippen molar-refractivity contribution in [1.82, 2.24) is 4.90 Å². The minimum absolute atomic E-state index is 0.185. The van der Waals surface area contributed by atoms with E-state index in [1.807, 2.05) is 0 Å². The van der Waals surface area contributed by atoms with Crippen LogP contribution >= 0.6 is 0 Å². The van der Waals surface area contributed by atoms with Gasteiger partial charge >= 0.3 is 0 Å². The number of hydrogen-bond donors (Lipinski definition) is 1. The van der Waals surface area contributed by atoms with Gasteiger partial charge in [0.05, 0.1) is 0 Å². The average Bonchev–Trinajstić information content (AvgIpc) is 2.97. The Balaban J connectivity index is 1.63. The van der Waals surface area contributed by atoms with E-state index in [0.717, 1.165) is 30.6 Å². The highest BCUT2D eigenvalue weighted by Gasteiger charge is 2.32. The second-order valence-electron chi connectivity index (χ2n) is 5.17. The van der Waals surface area contributed by atoms with Crippen molar-refractivity contribution in [3.63, 3.8) is 0 Å². The molecule has 1 N–H and O–H groups in total. The number of likely N-dealkylation sites (N-methyl/N-ethyl adjacent to an activating group) is 1. The lowest BCUT2D eigenvalue weighted by atomic mass is 10.3. The first kappa shape index (κ1) is 12.4. The van der Waals surface area contributed by atoms with Gasteiger partial charge in [-0.15, -0.1) is 0 Å². The standard InChI is InChI=1S/C14H21FN2/c1-11-9-12(11)10-17(2)8-7-16-14-5-3-13(15)4-6-14/h3-6,11-12,16H,7-10H2,1-2H3. The zero-order chi connectivity index (χ0) is 12.3. The molecule has 0 bridgehead atoms. The molecule has 2 nitrogen and oxygen atoms in total. The van der Waals surface area contributed by atoms with E-state index in [1.165, 1.54) is 25.1 Å². The van der Waals surface area contributed by atoms with Gasteiger partial charge in [-0.25, -0.2) is 4.39 Å². The van der Waals surface area contributed by atoms with Gasteiger partial charge in [-0.2, -0.15) is 0 Å². The maximum atomic E-state index is 12.7. The molecule has 0 aliphatic heterocycles. The highest BCUT2D eigenvalue weighted by atomic mass is 19.1. The van der Waals surface area contributed by atoms with Crippen molar-refractivity contribution >= 4 is 5.69 Å². The third-order valence-corrected chi connectivity index (χ3v) is 3.49. The second kappa shape index (κ2) is 5.50. The van der Waals surface area contributed by atoms with Crippen LogP contribution in [0.25, 0.3) is 0 Å². The Bertz CT molecular complexity index is 350. The van der Waals surface area contributed by atoms with Crippen LogP contribution in [0.4, 0.5) is 10.1 Å². The van der Waals surface area contributed by atoms with E-state index in [4.69, 9.17) is 0 Å². The topological polar surface area (TPSA) is 15.3 Å². The van der Waals surface area contributed by atoms with Crippen LogP contribution in [0.2, 0.25) is 0 Å². The molecule has 1 aliphatic carbocycles. The summed E-state index contributed by atoms with van der Waals surface area (Å²) in [6, 6.07) is 6.52. The molecule has 17 heavy (non-hydrogen) atoms. The number of benzene rings is 1. The van der Waals surface area contributed by atoms with Crippen molar-refractivity contribution < 1.29 is 4.39 Å². The molecule has 1 aromatic rings. The van der Waals surface area contributed by atoms with Crippen molar-refractivity contribution in [2.24, 2.45) is 11.8 Å². The molecule has 0 spiro atoms. The van der Waals surface area contributed by atoms with Crippen LogP contribution in [0.5, 0.6) is 0 Å². The molecule has 2 atom stereocenters. The highest BCUT2D eigenvalue weighted by molar-refractivity contribution is 5.42. The molecular weight excluding hydrogens is 215 g/mol. The normalized spacial score (nSPS) is 22.8. The zero-order valence-electron chi connectivity index (χ0n) is 10.6. The molecule has 0 amide bonds. The summed E-state index contributed by atoms with van der Waals surface area (Å²) in [4.78, 5) is 2.37. The molecule has 94 valence electrons. The molecule has 0 saturated heterocycles. The lowest BCUT2D eigenvalue weighted by molar-refractivity contribution is 0.326. The van der Waals surface area contributed by atoms with Crippen LogP contribution in [0.15, 0.2) is 24.3 Å². The summed E-state index contributed by atoms with van der Waals surface area (Å²) in [5.74, 6) is 1.64. The van der Waals surface area contributed by atoms with Gasteiger partial charge in [0.1, 0.15) is 5.82 Å². The fourth-order valence-electron chi connectivity index (χ4n) is 2.10. The van der Waals surface area contributed by atoms with Gasteiger partial charge in [-0.3, -0.25) is 0 Å². The van der Waals surface area contributed by atoms with Gasteiger partial charge in [0.2, 0.25) is 0 Å². The summed E-state index contributed by atoms with van der Waals surface area (Å²) >= 11 is 0. The first-order valence-electron chi connectivity index (χ1n) is 6.33. The van der Waals surface area contributed by atoms with Crippen molar-refractivity contribution in [1.29, 1.82) is 0 Å². The van der Waals surface area contributed by atoms with Crippen molar-refractivity contribution in [3.05, 3.63) is 30.1 Å². The Morgan fingerprint density at radius 1 is 1.35 bits per heavy atom. The highest BCUT2D eigenvalue weighted by Crippen LogP contribution is 2.37. The Labute approximate surface area is 103 Å². The van der Waals surface area contributed by atoms with E-state index in [0.29, 0.717) is 0 Å². The van der Waals surface area contributed by atoms with E-state index < -0.39 is 0 Å². The Kier molecular flexibility index (Phi) is 4.00. The van der Waals surface area contributed by atoms with E-state index in [9.17, 15) is 4.39 Å². The minimum Gasteiger partial charge on any atom is -0.384 e. The molecule has 0 heterocycles. The van der Waals surface area contributed by atoms with E-state index in [1.54, 1.807) is 12.1 Å². The molecule has 1 saturated carbocycles. The van der Waals surface area contributed by atoms with Crippen LogP contribution in [0.1, 0.15) is 13.3 Å². The zero-order valence-corrected chi connectivity index (χ0v) is 10.6. The summed E-state index contributed by atoms with van der Waals surface area (Å²) in [6.45, 7) is 5.45. The Morgan fingerprint density at radius 3 is 2.59 bits per heavy atom. The number of rotatable bonds is 6. The van der Waals surface area contributed by atoms with E-state index >= 15 is 0 Å². The van der Waals surface area contributed by atoms with Crippen LogP contribution in [0.3, 0.4) is 0 Å². The summed E-state index contributed by atoms with van der Waals surface area (Å²) < 4.78 is 12.7. The number of nitrogens with one attached hydrogen (secondary N) is 1. The third-order valence-electron chi connectivity index (χ3n) is 3.49. The molecule has 1 aliphatic rings. The molecule has 0 radical (unpaired) electrons. The fourth-order valence-corrected chi connectivity index (χ4v) is 2.10. The monoisotopic (exact) mass is 236 g/mol. The van der Waals surface area contributed by atoms with Gasteiger partial charge in [0.25, 0.3) is 0 Å². The molecular formula is C14H21FN2. The molecule has 1 aromatic carbocycles. The predicted octanol–water partition coefficient (Wildman–Crippen LogP) is 2.83. The number of hydrogen-bond acceptors (Lipinski definition) is 2. The molecule has 0 aromatic heterocycles. The lowest BCUT2D eigenvalue weighted by Crippen LogP contribution is -2.27. The van der Waals surface area contributed by atoms with E-state index in [-0.39, 0.29) is 5.82 Å². The quantitative estimate of drug-likeness (QED) is 0.817. The minimum atomic E-state index is -0.185. The first-order chi connectivity index (χ1) is 8.15. The van der Waals surface area contributed by atoms with Gasteiger partial charge < -0.3 is 10.2 Å². The number of anilines is 1. The van der Waals surface area contributed by atoms with Crippen LogP contribution in [-0.2, 0) is 0 Å². The molecule has 2 rings (SSSR count). The smallest absolute Gasteiger partial charge is 0.123 e. The Hall–Kier alpha value is -1.09. The van der Waals surface area contributed by atoms with Crippen molar-refractivity contribution in [3.8, 4) is 0 Å². The van der Waals surface area contributed by atoms with Gasteiger partial charge in [-0.05, 0) is 49.6 Å². The summed E-state index contributed by atoms with van der Waals surface area (Å²) in [6.07, 6.45) is 1.38. The van der Waals surface area contributed by atoms with Gasteiger partial charge in [0, 0.05) is 25.3 Å². The maximum Gasteiger partial charge on any atom is 0.123 e. The largest absolute Gasteiger partial charge is 0.384 e. The average molecular weight is 236 g/mol. The summed E-state index contributed by atoms with van der Waals surface area (Å²) in [5.41, 5.74) is 0.986. The SMILES string of the molecule is CC1CC1CN(C)CCNc1ccc(F)cc1. The second-order valence-corrected chi connectivity index (χ2v) is 5.17. The first-order valence-corrected chi connectivity index (χ1v) is 6.33. The van der Waals surface area contributed by atoms with Crippen molar-refractivity contribution in [2.45, 2.75) is 13.3 Å². The van der Waals surface area contributed by atoms with Crippen molar-refractivity contribution in [2.75, 3.05) is 32.0 Å².